The maximum absolute atomic E-state index is 12.6. The molecule has 1 aliphatic carbocycles. The Morgan fingerprint density at radius 3 is 2.69 bits per heavy atom. The first-order valence-electron chi connectivity index (χ1n) is 9.04. The van der Waals surface area contributed by atoms with Gasteiger partial charge in [0.15, 0.2) is 0 Å². The van der Waals surface area contributed by atoms with Crippen LogP contribution in [-0.4, -0.2) is 63.0 Å². The van der Waals surface area contributed by atoms with Gasteiger partial charge in [-0.15, -0.1) is 0 Å². The number of likely N-dealkylation sites (tertiary alicyclic amines) is 2. The molecule has 2 aliphatic heterocycles. The summed E-state index contributed by atoms with van der Waals surface area (Å²) < 4.78 is 0. The van der Waals surface area contributed by atoms with Crippen LogP contribution in [0.25, 0.3) is 0 Å². The number of carboxylic acids is 1. The number of aliphatic carboxylic acids is 1. The summed E-state index contributed by atoms with van der Waals surface area (Å²) in [6.07, 6.45) is 6.15. The predicted octanol–water partition coefficient (Wildman–Crippen LogP) is 1.00. The van der Waals surface area contributed by atoms with Crippen LogP contribution in [0, 0.1) is 5.92 Å². The fourth-order valence-electron chi connectivity index (χ4n) is 4.01. The monoisotopic (exact) mass is 358 g/mol. The molecular formula is C18H22N4O4. The zero-order valence-corrected chi connectivity index (χ0v) is 14.4. The third kappa shape index (κ3) is 3.11. The summed E-state index contributed by atoms with van der Waals surface area (Å²) in [5.41, 5.74) is 0.917. The van der Waals surface area contributed by atoms with Crippen LogP contribution < -0.4 is 5.32 Å². The van der Waals surface area contributed by atoms with Gasteiger partial charge < -0.3 is 20.2 Å². The smallest absolute Gasteiger partial charge is 0.317 e. The number of carboxylic acid groups (broad SMARTS) is 1. The van der Waals surface area contributed by atoms with E-state index in [9.17, 15) is 14.4 Å². The first kappa shape index (κ1) is 16.8. The lowest BCUT2D eigenvalue weighted by Gasteiger charge is -2.30. The molecule has 2 N–H and O–H groups in total. The number of hydrogen-bond donors (Lipinski definition) is 2. The molecule has 138 valence electrons. The standard InChI is InChI=1S/C18H22N4O4/c23-15-8-14(20-18(26)21-7-5-12(10-21)17(24)25)16(22(15)13-3-4-13)11-2-1-6-19-9-11/h1-2,6,9,12-14,16H,3-5,7-8,10H2,(H,20,26)(H,24,25)/t12?,14-,16+/m1/s1. The van der Waals surface area contributed by atoms with Gasteiger partial charge in [-0.25, -0.2) is 4.79 Å². The maximum atomic E-state index is 12.6. The Morgan fingerprint density at radius 2 is 2.08 bits per heavy atom. The number of pyridine rings is 1. The van der Waals surface area contributed by atoms with Crippen molar-refractivity contribution in [1.29, 1.82) is 0 Å². The minimum absolute atomic E-state index is 0.0523. The van der Waals surface area contributed by atoms with Crippen molar-refractivity contribution in [3.63, 3.8) is 0 Å². The second-order valence-electron chi connectivity index (χ2n) is 7.29. The Bertz CT molecular complexity index is 721. The van der Waals surface area contributed by atoms with Gasteiger partial charge in [-0.1, -0.05) is 6.07 Å². The molecule has 4 rings (SSSR count). The number of amides is 3. The topological polar surface area (TPSA) is 103 Å². The van der Waals surface area contributed by atoms with Gasteiger partial charge in [-0.3, -0.25) is 14.6 Å². The number of urea groups is 1. The van der Waals surface area contributed by atoms with Crippen molar-refractivity contribution in [1.82, 2.24) is 20.1 Å². The van der Waals surface area contributed by atoms with Gasteiger partial charge in [-0.05, 0) is 30.9 Å². The number of hydrogen-bond acceptors (Lipinski definition) is 4. The van der Waals surface area contributed by atoms with E-state index >= 15 is 0 Å². The third-order valence-electron chi connectivity index (χ3n) is 5.46. The first-order valence-corrected chi connectivity index (χ1v) is 9.04. The Labute approximate surface area is 151 Å². The van der Waals surface area contributed by atoms with Gasteiger partial charge in [0.2, 0.25) is 5.91 Å². The molecule has 0 radical (unpaired) electrons. The number of carbonyl (C=O) groups excluding carboxylic acids is 2. The van der Waals surface area contributed by atoms with E-state index in [1.54, 1.807) is 12.4 Å². The van der Waals surface area contributed by atoms with E-state index in [0.29, 0.717) is 13.0 Å². The van der Waals surface area contributed by atoms with Crippen molar-refractivity contribution in [3.05, 3.63) is 30.1 Å². The molecule has 0 spiro atoms. The fraction of sp³-hybridized carbons (Fsp3) is 0.556. The largest absolute Gasteiger partial charge is 0.481 e. The quantitative estimate of drug-likeness (QED) is 0.836. The molecule has 3 heterocycles. The van der Waals surface area contributed by atoms with Crippen LogP contribution in [0.4, 0.5) is 4.79 Å². The number of carbonyl (C=O) groups is 3. The molecule has 26 heavy (non-hydrogen) atoms. The molecule has 8 heteroatoms. The molecule has 0 aromatic carbocycles. The van der Waals surface area contributed by atoms with E-state index in [1.165, 1.54) is 4.90 Å². The van der Waals surface area contributed by atoms with Crippen molar-refractivity contribution < 1.29 is 19.5 Å². The van der Waals surface area contributed by atoms with Crippen LogP contribution in [-0.2, 0) is 9.59 Å². The molecule has 3 amide bonds. The minimum Gasteiger partial charge on any atom is -0.481 e. The average Bonchev–Trinajstić information content (AvgIpc) is 3.22. The molecule has 1 unspecified atom stereocenters. The predicted molar refractivity (Wildman–Crippen MR) is 91.1 cm³/mol. The SMILES string of the molecule is O=C(O)C1CCN(C(=O)N[C@@H]2CC(=O)N(C3CC3)[C@H]2c2cccnc2)C1. The lowest BCUT2D eigenvalue weighted by molar-refractivity contribution is -0.141. The van der Waals surface area contributed by atoms with Crippen molar-refractivity contribution in [2.24, 2.45) is 5.92 Å². The van der Waals surface area contributed by atoms with Crippen molar-refractivity contribution in [2.45, 2.75) is 43.8 Å². The van der Waals surface area contributed by atoms with Gasteiger partial charge in [0.05, 0.1) is 18.0 Å². The fourth-order valence-corrected chi connectivity index (χ4v) is 4.01. The minimum atomic E-state index is -0.871. The highest BCUT2D eigenvalue weighted by Gasteiger charge is 2.48. The van der Waals surface area contributed by atoms with E-state index < -0.39 is 11.9 Å². The number of rotatable bonds is 4. The lowest BCUT2D eigenvalue weighted by Crippen LogP contribution is -2.46. The Balaban J connectivity index is 1.50. The highest BCUT2D eigenvalue weighted by atomic mass is 16.4. The Kier molecular flexibility index (Phi) is 4.26. The van der Waals surface area contributed by atoms with Crippen LogP contribution >= 0.6 is 0 Å². The third-order valence-corrected chi connectivity index (χ3v) is 5.46. The highest BCUT2D eigenvalue weighted by Crippen LogP contribution is 2.41. The molecule has 8 nitrogen and oxygen atoms in total. The average molecular weight is 358 g/mol. The highest BCUT2D eigenvalue weighted by molar-refractivity contribution is 5.83. The summed E-state index contributed by atoms with van der Waals surface area (Å²) in [5.74, 6) is -1.33. The molecular weight excluding hydrogens is 336 g/mol. The molecule has 0 bridgehead atoms. The van der Waals surface area contributed by atoms with Crippen LogP contribution in [0.5, 0.6) is 0 Å². The zero-order chi connectivity index (χ0) is 18.3. The summed E-state index contributed by atoms with van der Waals surface area (Å²) in [6, 6.07) is 3.17. The van der Waals surface area contributed by atoms with Crippen LogP contribution in [0.2, 0.25) is 0 Å². The van der Waals surface area contributed by atoms with Gasteiger partial charge in [-0.2, -0.15) is 0 Å². The summed E-state index contributed by atoms with van der Waals surface area (Å²) in [5, 5.41) is 12.1. The second-order valence-corrected chi connectivity index (χ2v) is 7.29. The van der Waals surface area contributed by atoms with Gasteiger partial charge in [0, 0.05) is 37.9 Å². The maximum Gasteiger partial charge on any atom is 0.317 e. The number of nitrogens with one attached hydrogen (secondary N) is 1. The van der Waals surface area contributed by atoms with E-state index in [4.69, 9.17) is 5.11 Å². The second kappa shape index (κ2) is 6.59. The zero-order valence-electron chi connectivity index (χ0n) is 14.4. The van der Waals surface area contributed by atoms with E-state index in [-0.39, 0.29) is 43.0 Å². The van der Waals surface area contributed by atoms with Gasteiger partial charge in [0.1, 0.15) is 0 Å². The molecule has 1 saturated carbocycles. The van der Waals surface area contributed by atoms with Crippen molar-refractivity contribution in [3.8, 4) is 0 Å². The molecule has 3 aliphatic rings. The lowest BCUT2D eigenvalue weighted by atomic mass is 10.0. The summed E-state index contributed by atoms with van der Waals surface area (Å²) in [4.78, 5) is 43.9. The van der Waals surface area contributed by atoms with Crippen LogP contribution in [0.3, 0.4) is 0 Å². The van der Waals surface area contributed by atoms with E-state index in [0.717, 1.165) is 18.4 Å². The molecule has 1 aromatic rings. The van der Waals surface area contributed by atoms with E-state index in [2.05, 4.69) is 10.3 Å². The van der Waals surface area contributed by atoms with Crippen LogP contribution in [0.1, 0.15) is 37.3 Å². The Hall–Kier alpha value is -2.64. The van der Waals surface area contributed by atoms with Crippen molar-refractivity contribution >= 4 is 17.9 Å². The van der Waals surface area contributed by atoms with Gasteiger partial charge in [0.25, 0.3) is 0 Å². The summed E-state index contributed by atoms with van der Waals surface area (Å²) in [7, 11) is 0. The molecule has 3 atom stereocenters. The molecule has 3 fully saturated rings. The normalized spacial score (nSPS) is 28.5. The molecule has 2 saturated heterocycles. The number of aromatic nitrogens is 1. The first-order chi connectivity index (χ1) is 12.5. The van der Waals surface area contributed by atoms with Crippen LogP contribution in [0.15, 0.2) is 24.5 Å². The van der Waals surface area contributed by atoms with E-state index in [1.807, 2.05) is 17.0 Å². The van der Waals surface area contributed by atoms with Gasteiger partial charge >= 0.3 is 12.0 Å². The number of nitrogens with zero attached hydrogens (tertiary/aromatic N) is 3. The summed E-state index contributed by atoms with van der Waals surface area (Å²) in [6.45, 7) is 0.638. The van der Waals surface area contributed by atoms with Crippen molar-refractivity contribution in [2.75, 3.05) is 13.1 Å². The Morgan fingerprint density at radius 1 is 1.27 bits per heavy atom. The molecule has 1 aromatic heterocycles. The summed E-state index contributed by atoms with van der Waals surface area (Å²) >= 11 is 0.